The molecule has 2 nitrogen and oxygen atoms in total. The van der Waals surface area contributed by atoms with Crippen molar-refractivity contribution in [2.45, 2.75) is 45.6 Å². The van der Waals surface area contributed by atoms with E-state index < -0.39 is 0 Å². The lowest BCUT2D eigenvalue weighted by Crippen LogP contribution is -2.14. The second kappa shape index (κ2) is 12.8. The van der Waals surface area contributed by atoms with Crippen molar-refractivity contribution >= 4 is 12.4 Å². The van der Waals surface area contributed by atoms with E-state index in [1.807, 2.05) is 18.2 Å². The van der Waals surface area contributed by atoms with Crippen LogP contribution in [0.5, 0.6) is 5.75 Å². The van der Waals surface area contributed by atoms with Crippen LogP contribution in [0.15, 0.2) is 24.3 Å². The molecule has 20 heavy (non-hydrogen) atoms. The van der Waals surface area contributed by atoms with E-state index in [0.717, 1.165) is 18.8 Å². The molecule has 0 saturated carbocycles. The maximum absolute atomic E-state index is 5.40. The van der Waals surface area contributed by atoms with E-state index in [4.69, 9.17) is 11.2 Å². The zero-order chi connectivity index (χ0) is 13.8. The Bertz CT molecular complexity index is 387. The van der Waals surface area contributed by atoms with Crippen molar-refractivity contribution in [3.8, 4) is 18.1 Å². The van der Waals surface area contributed by atoms with Crippen molar-refractivity contribution in [1.82, 2.24) is 5.32 Å². The maximum Gasteiger partial charge on any atom is 0.148 e. The van der Waals surface area contributed by atoms with Crippen LogP contribution in [0, 0.1) is 12.3 Å². The van der Waals surface area contributed by atoms with Crippen molar-refractivity contribution in [1.29, 1.82) is 0 Å². The van der Waals surface area contributed by atoms with Crippen LogP contribution in [0.2, 0.25) is 0 Å². The molecule has 0 spiro atoms. The first kappa shape index (κ1) is 18.8. The Morgan fingerprint density at radius 3 is 2.75 bits per heavy atom. The molecule has 1 aromatic rings. The molecule has 1 N–H and O–H groups in total. The molecule has 0 aliphatic carbocycles. The summed E-state index contributed by atoms with van der Waals surface area (Å²) >= 11 is 0. The molecule has 0 aliphatic heterocycles. The average molecular weight is 296 g/mol. The quantitative estimate of drug-likeness (QED) is 0.516. The first-order valence-electron chi connectivity index (χ1n) is 7.22. The van der Waals surface area contributed by atoms with Crippen molar-refractivity contribution in [3.63, 3.8) is 0 Å². The predicted octanol–water partition coefficient (Wildman–Crippen LogP) is 4.18. The van der Waals surface area contributed by atoms with Gasteiger partial charge in [0, 0.05) is 6.54 Å². The summed E-state index contributed by atoms with van der Waals surface area (Å²) in [6.45, 7) is 4.54. The van der Waals surface area contributed by atoms with Crippen LogP contribution in [-0.2, 0) is 6.54 Å². The first-order valence-corrected chi connectivity index (χ1v) is 7.22. The topological polar surface area (TPSA) is 21.3 Å². The van der Waals surface area contributed by atoms with E-state index in [9.17, 15) is 0 Å². The molecular weight excluding hydrogens is 270 g/mol. The van der Waals surface area contributed by atoms with Gasteiger partial charge in [-0.2, -0.15) is 0 Å². The van der Waals surface area contributed by atoms with Gasteiger partial charge < -0.3 is 10.1 Å². The van der Waals surface area contributed by atoms with E-state index in [-0.39, 0.29) is 12.4 Å². The summed E-state index contributed by atoms with van der Waals surface area (Å²) in [5, 5.41) is 3.47. The molecule has 0 saturated heterocycles. The molecule has 0 bridgehead atoms. The first-order chi connectivity index (χ1) is 9.36. The number of unbranched alkanes of at least 4 members (excludes halogenated alkanes) is 4. The van der Waals surface area contributed by atoms with Crippen LogP contribution in [-0.4, -0.2) is 13.2 Å². The van der Waals surface area contributed by atoms with Crippen molar-refractivity contribution < 1.29 is 4.74 Å². The number of nitrogens with one attached hydrogen (secondary N) is 1. The second-order valence-electron chi connectivity index (χ2n) is 4.73. The molecule has 0 unspecified atom stereocenters. The highest BCUT2D eigenvalue weighted by molar-refractivity contribution is 5.85. The van der Waals surface area contributed by atoms with Gasteiger partial charge in [-0.1, -0.05) is 50.7 Å². The third-order valence-corrected chi connectivity index (χ3v) is 3.01. The lowest BCUT2D eigenvalue weighted by Gasteiger charge is -2.07. The average Bonchev–Trinajstić information content (AvgIpc) is 2.44. The minimum Gasteiger partial charge on any atom is -0.481 e. The summed E-state index contributed by atoms with van der Waals surface area (Å²) in [4.78, 5) is 0. The largest absolute Gasteiger partial charge is 0.481 e. The van der Waals surface area contributed by atoms with Gasteiger partial charge in [-0.3, -0.25) is 0 Å². The monoisotopic (exact) mass is 295 g/mol. The lowest BCUT2D eigenvalue weighted by molar-refractivity contribution is 0.370. The Hall–Kier alpha value is -1.17. The Labute approximate surface area is 129 Å². The smallest absolute Gasteiger partial charge is 0.148 e. The summed E-state index contributed by atoms with van der Waals surface area (Å²) in [7, 11) is 0. The molecule has 112 valence electrons. The zero-order valence-electron chi connectivity index (χ0n) is 12.4. The van der Waals surface area contributed by atoms with Crippen LogP contribution in [0.1, 0.15) is 44.6 Å². The van der Waals surface area contributed by atoms with Crippen LogP contribution in [0.25, 0.3) is 0 Å². The Morgan fingerprint density at radius 1 is 1.20 bits per heavy atom. The number of benzene rings is 1. The molecule has 1 aromatic carbocycles. The number of terminal acetylenes is 1. The molecule has 1 rings (SSSR count). The van der Waals surface area contributed by atoms with Crippen LogP contribution in [0.3, 0.4) is 0 Å². The molecular formula is C17H26ClNO. The summed E-state index contributed by atoms with van der Waals surface area (Å²) in [5.74, 6) is 3.32. The third kappa shape index (κ3) is 8.85. The van der Waals surface area contributed by atoms with Crippen molar-refractivity contribution in [2.75, 3.05) is 13.2 Å². The number of halogens is 1. The molecule has 0 aliphatic rings. The summed E-state index contributed by atoms with van der Waals surface area (Å²) in [6.07, 6.45) is 11.8. The maximum atomic E-state index is 5.40. The second-order valence-corrected chi connectivity index (χ2v) is 4.73. The van der Waals surface area contributed by atoms with Gasteiger partial charge in [0.15, 0.2) is 0 Å². The Morgan fingerprint density at radius 2 is 2.00 bits per heavy atom. The zero-order valence-corrected chi connectivity index (χ0v) is 13.2. The highest BCUT2D eigenvalue weighted by Crippen LogP contribution is 2.13. The number of rotatable bonds is 10. The third-order valence-electron chi connectivity index (χ3n) is 3.01. The van der Waals surface area contributed by atoms with Gasteiger partial charge in [0.1, 0.15) is 12.4 Å². The highest BCUT2D eigenvalue weighted by Gasteiger charge is 1.96. The fourth-order valence-electron chi connectivity index (χ4n) is 1.96. The van der Waals surface area contributed by atoms with Gasteiger partial charge in [-0.15, -0.1) is 18.8 Å². The SMILES string of the molecule is C#CCOc1cccc(CNCCCCCCC)c1.Cl. The number of hydrogen-bond donors (Lipinski definition) is 1. The molecule has 0 amide bonds. The molecule has 3 heteroatoms. The molecule has 0 heterocycles. The summed E-state index contributed by atoms with van der Waals surface area (Å²) in [5.41, 5.74) is 1.24. The lowest BCUT2D eigenvalue weighted by atomic mass is 10.1. The van der Waals surface area contributed by atoms with Gasteiger partial charge in [0.05, 0.1) is 0 Å². The molecule has 0 fully saturated rings. The van der Waals surface area contributed by atoms with Crippen molar-refractivity contribution in [3.05, 3.63) is 29.8 Å². The van der Waals surface area contributed by atoms with Gasteiger partial charge in [0.25, 0.3) is 0 Å². The van der Waals surface area contributed by atoms with Gasteiger partial charge in [-0.25, -0.2) is 0 Å². The Kier molecular flexibility index (Phi) is 12.1. The van der Waals surface area contributed by atoms with E-state index >= 15 is 0 Å². The highest BCUT2D eigenvalue weighted by atomic mass is 35.5. The minimum absolute atomic E-state index is 0. The standard InChI is InChI=1S/C17H25NO.ClH/c1-3-5-6-7-8-12-18-15-16-10-9-11-17(14-16)19-13-4-2;/h2,9-11,14,18H,3,5-8,12-13,15H2,1H3;1H. The van der Waals surface area contributed by atoms with Crippen LogP contribution < -0.4 is 10.1 Å². The fourth-order valence-corrected chi connectivity index (χ4v) is 1.96. The molecule has 0 radical (unpaired) electrons. The van der Waals surface area contributed by atoms with Gasteiger partial charge in [0.2, 0.25) is 0 Å². The van der Waals surface area contributed by atoms with Gasteiger partial charge >= 0.3 is 0 Å². The van der Waals surface area contributed by atoms with E-state index in [0.29, 0.717) is 6.61 Å². The minimum atomic E-state index is 0. The molecule has 0 aromatic heterocycles. The fraction of sp³-hybridized carbons (Fsp3) is 0.529. The van der Waals surface area contributed by atoms with Crippen LogP contribution in [0.4, 0.5) is 0 Å². The number of hydrogen-bond acceptors (Lipinski definition) is 2. The van der Waals surface area contributed by atoms with E-state index in [1.54, 1.807) is 0 Å². The summed E-state index contributed by atoms with van der Waals surface area (Å²) in [6, 6.07) is 8.09. The normalized spacial score (nSPS) is 9.60. The number of ether oxygens (including phenoxy) is 1. The summed E-state index contributed by atoms with van der Waals surface area (Å²) < 4.78 is 5.40. The van der Waals surface area contributed by atoms with Crippen LogP contribution >= 0.6 is 12.4 Å². The van der Waals surface area contributed by atoms with E-state index in [1.165, 1.54) is 37.7 Å². The molecule has 0 atom stereocenters. The van der Waals surface area contributed by atoms with Gasteiger partial charge in [-0.05, 0) is 30.7 Å². The van der Waals surface area contributed by atoms with E-state index in [2.05, 4.69) is 24.2 Å². The predicted molar refractivity (Wildman–Crippen MR) is 88.5 cm³/mol. The van der Waals surface area contributed by atoms with Crippen molar-refractivity contribution in [2.24, 2.45) is 0 Å². The Balaban J connectivity index is 0.00000361.